The summed E-state index contributed by atoms with van der Waals surface area (Å²) in [6, 6.07) is 15.1. The minimum atomic E-state index is -4.41. The molecule has 0 saturated carbocycles. The number of anilines is 3. The minimum absolute atomic E-state index is 0. The molecule has 21 heteroatoms. The maximum atomic E-state index is 12.6. The van der Waals surface area contributed by atoms with Crippen LogP contribution in [0.4, 0.5) is 56.6 Å². The predicted molar refractivity (Wildman–Crippen MR) is 168 cm³/mol. The number of alkyl halides is 9. The van der Waals surface area contributed by atoms with Crippen molar-refractivity contribution in [2.75, 3.05) is 43.7 Å². The van der Waals surface area contributed by atoms with E-state index >= 15 is 0 Å². The van der Waals surface area contributed by atoms with Crippen molar-refractivity contribution in [3.05, 3.63) is 89.0 Å². The second kappa shape index (κ2) is 30.3. The van der Waals surface area contributed by atoms with Crippen molar-refractivity contribution < 1.29 is 92.6 Å². The Balaban J connectivity index is -0.000000139. The minimum Gasteiger partial charge on any atom is -0.870 e. The SMILES string of the molecule is C.CC#N.CN(C)c1cc(COC=O)cc(C(F)(F)F)c1.CN(C)c1cccc(C(F)(F)F)c1.Nc1cccc(C(F)(F)F)c1.O=C=O.O=C=O.[Li+].[OH-]. The Morgan fingerprint density at radius 3 is 1.38 bits per heavy atom. The number of nitrogens with two attached hydrogens (primary N) is 1. The molecule has 0 unspecified atom stereocenters. The number of carbonyl (C=O) groups excluding carboxylic acids is 5. The van der Waals surface area contributed by atoms with Gasteiger partial charge in [-0.25, -0.2) is 0 Å². The summed E-state index contributed by atoms with van der Waals surface area (Å²) in [5.74, 6) is 0. The number of hydrogen-bond donors (Lipinski definition) is 1. The maximum Gasteiger partial charge on any atom is 1.00 e. The van der Waals surface area contributed by atoms with Crippen LogP contribution in [0.15, 0.2) is 66.7 Å². The first kappa shape index (κ1) is 59.8. The van der Waals surface area contributed by atoms with Gasteiger partial charge in [-0.05, 0) is 60.2 Å². The normalized spacial score (nSPS) is 9.23. The first-order valence-electron chi connectivity index (χ1n) is 13.0. The summed E-state index contributed by atoms with van der Waals surface area (Å²) in [6.45, 7) is 1.46. The molecule has 3 aromatic rings. The molecule has 0 spiro atoms. The second-order valence-corrected chi connectivity index (χ2v) is 9.14. The van der Waals surface area contributed by atoms with Crippen LogP contribution in [0.1, 0.15) is 36.6 Å². The van der Waals surface area contributed by atoms with Gasteiger partial charge >= 0.3 is 49.7 Å². The Bertz CT molecular complexity index is 1540. The number of nitriles is 1. The molecular weight excluding hydrogens is 730 g/mol. The summed E-state index contributed by atoms with van der Waals surface area (Å²) < 4.78 is 115. The summed E-state index contributed by atoms with van der Waals surface area (Å²) in [6.07, 6.45) is -12.5. The zero-order valence-corrected chi connectivity index (χ0v) is 28.4. The number of nitrogens with zero attached hydrogens (tertiary/aromatic N) is 3. The van der Waals surface area contributed by atoms with Crippen LogP contribution in [0.3, 0.4) is 0 Å². The molecule has 0 fully saturated rings. The van der Waals surface area contributed by atoms with E-state index in [4.69, 9.17) is 30.2 Å². The summed E-state index contributed by atoms with van der Waals surface area (Å²) in [5, 5.41) is 7.32. The third-order valence-electron chi connectivity index (χ3n) is 5.04. The summed E-state index contributed by atoms with van der Waals surface area (Å²) in [7, 11) is 6.69. The number of benzene rings is 3. The number of carbonyl (C=O) groups is 1. The molecule has 0 heterocycles. The van der Waals surface area contributed by atoms with E-state index in [1.807, 2.05) is 0 Å². The summed E-state index contributed by atoms with van der Waals surface area (Å²) in [5.41, 5.74) is 4.46. The first-order chi connectivity index (χ1) is 23.0. The van der Waals surface area contributed by atoms with Crippen molar-refractivity contribution in [2.45, 2.75) is 39.5 Å². The molecule has 0 aliphatic rings. The van der Waals surface area contributed by atoms with E-state index in [1.54, 1.807) is 56.2 Å². The third-order valence-corrected chi connectivity index (χ3v) is 5.04. The van der Waals surface area contributed by atoms with Crippen LogP contribution < -0.4 is 34.4 Å². The van der Waals surface area contributed by atoms with Gasteiger partial charge < -0.3 is 25.7 Å². The van der Waals surface area contributed by atoms with Crippen molar-refractivity contribution in [1.82, 2.24) is 0 Å². The Morgan fingerprint density at radius 2 is 1.06 bits per heavy atom. The zero-order valence-electron chi connectivity index (χ0n) is 28.4. The van der Waals surface area contributed by atoms with Crippen LogP contribution in [-0.4, -0.2) is 52.4 Å². The fraction of sp³-hybridized carbons (Fsp3) is 0.312. The number of halogens is 9. The molecule has 0 aliphatic heterocycles. The molecule has 11 nitrogen and oxygen atoms in total. The number of ether oxygens (including phenoxy) is 1. The zero-order chi connectivity index (χ0) is 39.7. The van der Waals surface area contributed by atoms with Crippen molar-refractivity contribution >= 4 is 35.8 Å². The number of rotatable bonds is 5. The number of nitrogen functional groups attached to an aromatic ring is 1. The second-order valence-electron chi connectivity index (χ2n) is 9.14. The van der Waals surface area contributed by atoms with E-state index in [0.717, 1.165) is 36.4 Å². The van der Waals surface area contributed by atoms with Crippen molar-refractivity contribution in [2.24, 2.45) is 0 Å². The molecule has 0 atom stereocenters. The Kier molecular flexibility index (Phi) is 34.3. The molecule has 0 saturated heterocycles. The van der Waals surface area contributed by atoms with Crippen LogP contribution in [0.5, 0.6) is 0 Å². The van der Waals surface area contributed by atoms with Gasteiger partial charge in [0.05, 0.1) is 22.8 Å². The van der Waals surface area contributed by atoms with Crippen LogP contribution in [0.25, 0.3) is 0 Å². The van der Waals surface area contributed by atoms with Gasteiger partial charge in [0, 0.05) is 52.2 Å². The molecule has 0 amide bonds. The fourth-order valence-corrected chi connectivity index (χ4v) is 2.98. The third kappa shape index (κ3) is 29.0. The van der Waals surface area contributed by atoms with Crippen molar-refractivity contribution in [3.63, 3.8) is 0 Å². The van der Waals surface area contributed by atoms with E-state index < -0.39 is 35.2 Å². The van der Waals surface area contributed by atoms with Gasteiger partial charge in [0.2, 0.25) is 0 Å². The average Bonchev–Trinajstić information content (AvgIpc) is 3.00. The summed E-state index contributed by atoms with van der Waals surface area (Å²) >= 11 is 0. The van der Waals surface area contributed by atoms with Crippen LogP contribution in [0, 0.1) is 11.3 Å². The largest absolute Gasteiger partial charge is 1.00 e. The first-order valence-corrected chi connectivity index (χ1v) is 13.0. The average molecular weight is 767 g/mol. The Hall–Kier alpha value is -5.29. The molecule has 0 bridgehead atoms. The van der Waals surface area contributed by atoms with Crippen molar-refractivity contribution in [3.8, 4) is 6.07 Å². The molecule has 3 aromatic carbocycles. The van der Waals surface area contributed by atoms with E-state index in [1.165, 1.54) is 25.1 Å². The Labute approximate surface area is 311 Å². The van der Waals surface area contributed by atoms with Gasteiger partial charge in [0.1, 0.15) is 6.61 Å². The van der Waals surface area contributed by atoms with Gasteiger partial charge in [-0.3, -0.25) is 4.79 Å². The summed E-state index contributed by atoms with van der Waals surface area (Å²) in [4.78, 5) is 45.7. The van der Waals surface area contributed by atoms with Gasteiger partial charge in [-0.2, -0.15) is 64.0 Å². The molecular formula is C32H36F9LiN4O7. The Morgan fingerprint density at radius 1 is 0.698 bits per heavy atom. The number of hydrogen-bond acceptors (Lipinski definition) is 11. The van der Waals surface area contributed by atoms with Gasteiger partial charge in [0.15, 0.2) is 0 Å². The van der Waals surface area contributed by atoms with Crippen LogP contribution >= 0.6 is 0 Å². The standard InChI is InChI=1S/C11H12F3NO2.C9H10F3N.C7H6F3N.C2H3N.2CO2.CH4.Li.H2O/c1-15(2)10-4-8(6-17-7-16)3-9(5-10)11(12,13)14;1-13(2)8-5-3-4-7(6-8)9(10,11)12;8-7(9,10)5-2-1-3-6(11)4-5;1-2-3;2*2-1-3;;;/h3-5,7H,6H2,1-2H3;3-6H,1-2H3;1-4H,11H2;1H3;;;1H4;;1H2/q;;;;;;;+1;/p-1. The molecule has 3 rings (SSSR count). The van der Waals surface area contributed by atoms with Crippen molar-refractivity contribution in [1.29, 1.82) is 5.26 Å². The van der Waals surface area contributed by atoms with E-state index in [0.29, 0.717) is 16.9 Å². The molecule has 0 radical (unpaired) electrons. The van der Waals surface area contributed by atoms with Crippen LogP contribution in [-0.2, 0) is 53.8 Å². The van der Waals surface area contributed by atoms with Gasteiger partial charge in [-0.15, -0.1) is 0 Å². The maximum absolute atomic E-state index is 12.6. The van der Waals surface area contributed by atoms with Gasteiger partial charge in [0.25, 0.3) is 6.47 Å². The molecule has 53 heavy (non-hydrogen) atoms. The molecule has 290 valence electrons. The van der Waals surface area contributed by atoms with E-state index in [9.17, 15) is 44.3 Å². The van der Waals surface area contributed by atoms with Gasteiger partial charge in [-0.1, -0.05) is 19.6 Å². The molecule has 0 aromatic heterocycles. The van der Waals surface area contributed by atoms with E-state index in [-0.39, 0.29) is 62.8 Å². The topological polar surface area (TPSA) is 181 Å². The fourth-order valence-electron chi connectivity index (χ4n) is 2.98. The monoisotopic (exact) mass is 766 g/mol. The quantitative estimate of drug-likeness (QED) is 0.169. The predicted octanol–water partition coefficient (Wildman–Crippen LogP) is 4.33. The molecule has 0 aliphatic carbocycles. The van der Waals surface area contributed by atoms with Crippen LogP contribution in [0.2, 0.25) is 0 Å². The van der Waals surface area contributed by atoms with E-state index in [2.05, 4.69) is 4.74 Å². The smallest absolute Gasteiger partial charge is 0.870 e. The molecule has 3 N–H and O–H groups in total.